The summed E-state index contributed by atoms with van der Waals surface area (Å²) in [5.41, 5.74) is 4.27. The molecule has 0 aromatic heterocycles. The molecule has 146 valence electrons. The second-order valence-corrected chi connectivity index (χ2v) is 8.36. The van der Waals surface area contributed by atoms with Crippen LogP contribution in [0.2, 0.25) is 0 Å². The molecule has 5 rings (SSSR count). The number of benzene rings is 2. The predicted octanol–water partition coefficient (Wildman–Crippen LogP) is 4.99. The summed E-state index contributed by atoms with van der Waals surface area (Å²) in [6, 6.07) is 1.61. The number of fused-ring (bicyclic) bond motifs is 4. The molecule has 0 bridgehead atoms. The van der Waals surface area contributed by atoms with Crippen molar-refractivity contribution in [3.63, 3.8) is 0 Å². The van der Waals surface area contributed by atoms with Gasteiger partial charge >= 0.3 is 0 Å². The molecule has 1 N–H and O–H groups in total. The van der Waals surface area contributed by atoms with Crippen molar-refractivity contribution in [2.75, 3.05) is 0 Å². The van der Waals surface area contributed by atoms with Crippen LogP contribution in [0.1, 0.15) is 61.8 Å². The zero-order chi connectivity index (χ0) is 20.1. The Morgan fingerprint density at radius 3 is 2.18 bits per heavy atom. The van der Waals surface area contributed by atoms with Gasteiger partial charge in [0.15, 0.2) is 16.9 Å². The average Bonchev–Trinajstić information content (AvgIpc) is 2.95. The third-order valence-corrected chi connectivity index (χ3v) is 6.81. The van der Waals surface area contributed by atoms with Crippen molar-refractivity contribution in [3.8, 4) is 28.6 Å². The van der Waals surface area contributed by atoms with E-state index in [1.165, 1.54) is 0 Å². The van der Waals surface area contributed by atoms with Gasteiger partial charge in [-0.3, -0.25) is 4.79 Å². The van der Waals surface area contributed by atoms with E-state index in [0.717, 1.165) is 22.1 Å². The van der Waals surface area contributed by atoms with E-state index in [1.54, 1.807) is 6.07 Å². The molecular weight excluding hydrogens is 356 g/mol. The summed E-state index contributed by atoms with van der Waals surface area (Å²) >= 11 is 0. The average molecular weight is 380 g/mol. The van der Waals surface area contributed by atoms with Crippen molar-refractivity contribution in [2.24, 2.45) is 0 Å². The highest BCUT2D eigenvalue weighted by Gasteiger charge is 2.40. The summed E-state index contributed by atoms with van der Waals surface area (Å²) in [5.74, 6) is 1.95. The van der Waals surface area contributed by atoms with Crippen LogP contribution < -0.4 is 14.9 Å². The van der Waals surface area contributed by atoms with Crippen LogP contribution in [-0.2, 0) is 0 Å². The smallest absolute Gasteiger partial charge is 0.196 e. The first kappa shape index (κ1) is 17.4. The van der Waals surface area contributed by atoms with E-state index < -0.39 is 0 Å². The van der Waals surface area contributed by atoms with E-state index >= 15 is 0 Å². The zero-order valence-corrected chi connectivity index (χ0v) is 17.0. The van der Waals surface area contributed by atoms with Crippen molar-refractivity contribution < 1.29 is 19.0 Å². The summed E-state index contributed by atoms with van der Waals surface area (Å²) in [6.45, 7) is 11.9. The van der Waals surface area contributed by atoms with Gasteiger partial charge in [0, 0.05) is 29.0 Å². The largest absolute Gasteiger partial charge is 0.508 e. The second-order valence-electron chi connectivity index (χ2n) is 8.36. The van der Waals surface area contributed by atoms with Crippen molar-refractivity contribution in [3.05, 3.63) is 38.5 Å². The fourth-order valence-corrected chi connectivity index (χ4v) is 4.83. The first-order chi connectivity index (χ1) is 13.2. The van der Waals surface area contributed by atoms with Crippen LogP contribution in [0.4, 0.5) is 0 Å². The van der Waals surface area contributed by atoms with Crippen LogP contribution in [0.15, 0.2) is 15.3 Å². The Kier molecular flexibility index (Phi) is 3.38. The summed E-state index contributed by atoms with van der Waals surface area (Å²) in [7, 11) is 0. The molecule has 4 aliphatic rings. The Balaban J connectivity index is 2.03. The van der Waals surface area contributed by atoms with Gasteiger partial charge in [-0.2, -0.15) is 0 Å². The summed E-state index contributed by atoms with van der Waals surface area (Å²) in [5, 5.41) is 11.3. The molecule has 1 aliphatic carbocycles. The van der Waals surface area contributed by atoms with Gasteiger partial charge in [-0.15, -0.1) is 0 Å². The number of rotatable bonds is 0. The van der Waals surface area contributed by atoms with Crippen LogP contribution in [0.25, 0.3) is 22.3 Å². The first-order valence-corrected chi connectivity index (χ1v) is 9.85. The van der Waals surface area contributed by atoms with Crippen molar-refractivity contribution >= 4 is 11.0 Å². The maximum atomic E-state index is 13.4. The zero-order valence-electron chi connectivity index (χ0n) is 17.0. The number of aromatic hydroxyl groups is 1. The van der Waals surface area contributed by atoms with Gasteiger partial charge in [-0.1, -0.05) is 13.8 Å². The number of phenolic OH excluding ortho intramolecular Hbond substituents is 1. The van der Waals surface area contributed by atoms with E-state index in [1.807, 2.05) is 27.7 Å². The first-order valence-electron chi connectivity index (χ1n) is 9.85. The topological polar surface area (TPSA) is 68.9 Å². The summed E-state index contributed by atoms with van der Waals surface area (Å²) in [6.07, 6.45) is -0.170. The maximum Gasteiger partial charge on any atom is 0.196 e. The van der Waals surface area contributed by atoms with Crippen LogP contribution in [0.5, 0.6) is 17.2 Å². The number of hydrogen-bond donors (Lipinski definition) is 1. The van der Waals surface area contributed by atoms with Gasteiger partial charge in [0.2, 0.25) is 0 Å². The molecular formula is C23H24O5. The van der Waals surface area contributed by atoms with E-state index in [2.05, 4.69) is 13.8 Å². The molecule has 0 fully saturated rings. The highest BCUT2D eigenvalue weighted by atomic mass is 16.5. The van der Waals surface area contributed by atoms with Crippen LogP contribution in [0.3, 0.4) is 0 Å². The van der Waals surface area contributed by atoms with Crippen LogP contribution in [0, 0.1) is 13.8 Å². The Labute approximate surface area is 163 Å². The number of phenols is 1. The van der Waals surface area contributed by atoms with Crippen LogP contribution >= 0.6 is 0 Å². The normalized spacial score (nSPS) is 25.6. The van der Waals surface area contributed by atoms with Gasteiger partial charge in [-0.25, -0.2) is 0 Å². The lowest BCUT2D eigenvalue weighted by molar-refractivity contribution is 0.189. The standard InChI is InChI=1S/C23H24O5/c1-8-12(5)26-21-18-15(7-14(24)10(3)16(8)18)28-23-19(21)20(25)11(4)17-9(2)13(6)27-22(17)23/h7-9,12-13,24H,1-6H3/t8-,9-,12-,13-/m1/s1. The van der Waals surface area contributed by atoms with Gasteiger partial charge in [-0.05, 0) is 38.8 Å². The maximum absolute atomic E-state index is 13.4. The molecule has 4 atom stereocenters. The van der Waals surface area contributed by atoms with E-state index in [-0.39, 0.29) is 35.2 Å². The molecule has 0 spiro atoms. The predicted molar refractivity (Wildman–Crippen MR) is 107 cm³/mol. The molecule has 1 aromatic carbocycles. The molecule has 0 saturated carbocycles. The summed E-state index contributed by atoms with van der Waals surface area (Å²) in [4.78, 5) is 13.4. The SMILES string of the molecule is Cc1c(O)cc2oc3c4c(c(C)c(=O)c-3c3c2c1[C@H](C)[C@@H](C)O3)[C@H](C)[C@@H](C)O4. The molecule has 0 unspecified atom stereocenters. The van der Waals surface area contributed by atoms with Crippen molar-refractivity contribution in [1.29, 1.82) is 0 Å². The Morgan fingerprint density at radius 1 is 0.893 bits per heavy atom. The molecule has 5 heteroatoms. The molecule has 0 saturated heterocycles. The molecule has 5 nitrogen and oxygen atoms in total. The lowest BCUT2D eigenvalue weighted by atomic mass is 9.84. The monoisotopic (exact) mass is 380 g/mol. The molecule has 0 amide bonds. The number of ether oxygens (including phenoxy) is 2. The molecule has 28 heavy (non-hydrogen) atoms. The minimum atomic E-state index is -0.131. The summed E-state index contributed by atoms with van der Waals surface area (Å²) < 4.78 is 18.6. The second kappa shape index (κ2) is 5.43. The minimum absolute atomic E-state index is 0.0391. The fraction of sp³-hybridized carbons (Fsp3) is 0.435. The Hall–Kier alpha value is -2.69. The third kappa shape index (κ3) is 1.94. The van der Waals surface area contributed by atoms with E-state index in [4.69, 9.17) is 13.9 Å². The fourth-order valence-electron chi connectivity index (χ4n) is 4.83. The van der Waals surface area contributed by atoms with Crippen molar-refractivity contribution in [1.82, 2.24) is 0 Å². The van der Waals surface area contributed by atoms with E-state index in [9.17, 15) is 9.90 Å². The highest BCUT2D eigenvalue weighted by Crippen LogP contribution is 2.54. The molecule has 1 aromatic rings. The van der Waals surface area contributed by atoms with Crippen LogP contribution in [-0.4, -0.2) is 17.3 Å². The number of hydrogen-bond acceptors (Lipinski definition) is 5. The quantitative estimate of drug-likeness (QED) is 0.557. The Morgan fingerprint density at radius 2 is 1.50 bits per heavy atom. The highest BCUT2D eigenvalue weighted by molar-refractivity contribution is 5.98. The lowest BCUT2D eigenvalue weighted by Gasteiger charge is -2.32. The van der Waals surface area contributed by atoms with E-state index in [0.29, 0.717) is 34.0 Å². The Bertz CT molecular complexity index is 1190. The lowest BCUT2D eigenvalue weighted by Crippen LogP contribution is -2.27. The third-order valence-electron chi connectivity index (χ3n) is 6.81. The van der Waals surface area contributed by atoms with Gasteiger partial charge < -0.3 is 19.0 Å². The molecule has 0 radical (unpaired) electrons. The minimum Gasteiger partial charge on any atom is -0.508 e. The van der Waals surface area contributed by atoms with Crippen molar-refractivity contribution in [2.45, 2.75) is 65.6 Å². The molecule has 3 heterocycles. The molecule has 3 aliphatic heterocycles. The van der Waals surface area contributed by atoms with Gasteiger partial charge in [0.05, 0.1) is 5.39 Å². The van der Waals surface area contributed by atoms with Gasteiger partial charge in [0.1, 0.15) is 34.9 Å². The van der Waals surface area contributed by atoms with Gasteiger partial charge in [0.25, 0.3) is 0 Å².